The summed E-state index contributed by atoms with van der Waals surface area (Å²) in [5.74, 6) is -0.0475. The first-order chi connectivity index (χ1) is 6.61. The van der Waals surface area contributed by atoms with Crippen LogP contribution in [-0.2, 0) is 12.5 Å². The van der Waals surface area contributed by atoms with Gasteiger partial charge in [-0.15, -0.1) is 11.6 Å². The molecule has 1 rings (SSSR count). The Morgan fingerprint density at radius 2 is 2.21 bits per heavy atom. The number of aliphatic hydroxyl groups is 1. The maximum absolute atomic E-state index is 12.6. The van der Waals surface area contributed by atoms with Crippen molar-refractivity contribution in [1.82, 2.24) is 4.98 Å². The van der Waals surface area contributed by atoms with Crippen LogP contribution >= 0.6 is 34.2 Å². The molecule has 78 valence electrons. The summed E-state index contributed by atoms with van der Waals surface area (Å²) in [4.78, 5) is 3.77. The van der Waals surface area contributed by atoms with Gasteiger partial charge in [0.2, 0.25) is 0 Å². The van der Waals surface area contributed by atoms with Gasteiger partial charge in [0.1, 0.15) is 3.70 Å². The van der Waals surface area contributed by atoms with Crippen molar-refractivity contribution in [1.29, 1.82) is 0 Å². The molecule has 1 aromatic heterocycles. The van der Waals surface area contributed by atoms with Crippen LogP contribution in [-0.4, -0.2) is 10.1 Å². The summed E-state index contributed by atoms with van der Waals surface area (Å²) < 4.78 is 25.4. The van der Waals surface area contributed by atoms with E-state index in [9.17, 15) is 8.78 Å². The molecule has 0 radical (unpaired) electrons. The standard InChI is InChI=1S/C8H7ClF2INO/c9-1-5-4(3-14)2-13-8(12)6(5)7(10)11/h2,7,14H,1,3H2. The normalized spacial score (nSPS) is 11.0. The van der Waals surface area contributed by atoms with Crippen molar-refractivity contribution in [3.63, 3.8) is 0 Å². The zero-order chi connectivity index (χ0) is 10.7. The summed E-state index contributed by atoms with van der Waals surface area (Å²) >= 11 is 7.28. The SMILES string of the molecule is OCc1cnc(I)c(C(F)F)c1CCl. The van der Waals surface area contributed by atoms with Crippen molar-refractivity contribution in [3.05, 3.63) is 26.6 Å². The van der Waals surface area contributed by atoms with Gasteiger partial charge in [-0.3, -0.25) is 0 Å². The van der Waals surface area contributed by atoms with Crippen molar-refractivity contribution in [2.75, 3.05) is 0 Å². The summed E-state index contributed by atoms with van der Waals surface area (Å²) in [6, 6.07) is 0. The molecule has 0 saturated carbocycles. The fourth-order valence-corrected chi connectivity index (χ4v) is 2.11. The van der Waals surface area contributed by atoms with E-state index in [1.54, 1.807) is 22.6 Å². The number of nitrogens with zero attached hydrogens (tertiary/aromatic N) is 1. The third kappa shape index (κ3) is 2.32. The van der Waals surface area contributed by atoms with E-state index in [1.165, 1.54) is 6.20 Å². The average Bonchev–Trinajstić information content (AvgIpc) is 2.16. The third-order valence-corrected chi connectivity index (χ3v) is 2.92. The summed E-state index contributed by atoms with van der Waals surface area (Å²) in [5, 5.41) is 8.90. The number of pyridine rings is 1. The van der Waals surface area contributed by atoms with Gasteiger partial charge in [-0.05, 0) is 28.2 Å². The van der Waals surface area contributed by atoms with Crippen LogP contribution in [0.15, 0.2) is 6.20 Å². The van der Waals surface area contributed by atoms with Gasteiger partial charge in [0.25, 0.3) is 6.43 Å². The predicted molar refractivity (Wildman–Crippen MR) is 57.4 cm³/mol. The molecule has 0 unspecified atom stereocenters. The second-order valence-electron chi connectivity index (χ2n) is 2.56. The summed E-state index contributed by atoms with van der Waals surface area (Å²) in [6.45, 7) is -0.328. The molecule has 0 spiro atoms. The molecule has 0 aromatic carbocycles. The van der Waals surface area contributed by atoms with Crippen molar-refractivity contribution >= 4 is 34.2 Å². The molecule has 0 amide bonds. The second kappa shape index (κ2) is 5.18. The van der Waals surface area contributed by atoms with Gasteiger partial charge in [-0.1, -0.05) is 0 Å². The van der Waals surface area contributed by atoms with Gasteiger partial charge in [-0.25, -0.2) is 13.8 Å². The number of hydrogen-bond donors (Lipinski definition) is 1. The monoisotopic (exact) mass is 333 g/mol. The lowest BCUT2D eigenvalue weighted by Crippen LogP contribution is -2.04. The lowest BCUT2D eigenvalue weighted by molar-refractivity contribution is 0.148. The van der Waals surface area contributed by atoms with Crippen LogP contribution in [0.5, 0.6) is 0 Å². The minimum absolute atomic E-state index is 0.0475. The minimum Gasteiger partial charge on any atom is -0.392 e. The largest absolute Gasteiger partial charge is 0.392 e. The molecule has 1 aromatic rings. The molecular formula is C8H7ClF2INO. The van der Waals surface area contributed by atoms with E-state index in [2.05, 4.69) is 4.98 Å². The van der Waals surface area contributed by atoms with E-state index < -0.39 is 6.43 Å². The van der Waals surface area contributed by atoms with E-state index in [4.69, 9.17) is 16.7 Å². The maximum atomic E-state index is 12.6. The number of aromatic nitrogens is 1. The van der Waals surface area contributed by atoms with Crippen LogP contribution < -0.4 is 0 Å². The second-order valence-corrected chi connectivity index (χ2v) is 3.85. The van der Waals surface area contributed by atoms with Crippen LogP contribution in [0.25, 0.3) is 0 Å². The fourth-order valence-electron chi connectivity index (χ4n) is 1.10. The number of aliphatic hydroxyl groups excluding tert-OH is 1. The molecular weight excluding hydrogens is 326 g/mol. The van der Waals surface area contributed by atoms with Crippen LogP contribution in [0.2, 0.25) is 0 Å². The molecule has 0 fully saturated rings. The van der Waals surface area contributed by atoms with Gasteiger partial charge in [-0.2, -0.15) is 0 Å². The van der Waals surface area contributed by atoms with Crippen LogP contribution in [0, 0.1) is 3.70 Å². The molecule has 6 heteroatoms. The van der Waals surface area contributed by atoms with Crippen LogP contribution in [0.4, 0.5) is 8.78 Å². The quantitative estimate of drug-likeness (QED) is 0.524. The molecule has 0 aliphatic heterocycles. The molecule has 0 aliphatic carbocycles. The predicted octanol–water partition coefficient (Wildman–Crippen LogP) is 2.85. The van der Waals surface area contributed by atoms with Gasteiger partial charge < -0.3 is 5.11 Å². The first-order valence-corrected chi connectivity index (χ1v) is 5.34. The van der Waals surface area contributed by atoms with Crippen molar-refractivity contribution < 1.29 is 13.9 Å². The van der Waals surface area contributed by atoms with Gasteiger partial charge in [0.15, 0.2) is 0 Å². The molecule has 1 heterocycles. The Balaban J connectivity index is 3.35. The van der Waals surface area contributed by atoms with E-state index in [-0.39, 0.29) is 27.3 Å². The van der Waals surface area contributed by atoms with Crippen LogP contribution in [0.1, 0.15) is 23.1 Å². The Morgan fingerprint density at radius 3 is 2.64 bits per heavy atom. The molecule has 2 nitrogen and oxygen atoms in total. The fraction of sp³-hybridized carbons (Fsp3) is 0.375. The molecule has 1 N–H and O–H groups in total. The van der Waals surface area contributed by atoms with Gasteiger partial charge in [0, 0.05) is 17.6 Å². The Morgan fingerprint density at radius 1 is 1.57 bits per heavy atom. The Hall–Kier alpha value is -0.0100. The molecule has 14 heavy (non-hydrogen) atoms. The average molecular weight is 334 g/mol. The zero-order valence-electron chi connectivity index (χ0n) is 6.98. The summed E-state index contributed by atoms with van der Waals surface area (Å²) in [6.07, 6.45) is -1.25. The van der Waals surface area contributed by atoms with E-state index in [1.807, 2.05) is 0 Å². The number of halogens is 4. The first kappa shape index (κ1) is 12.1. The summed E-state index contributed by atoms with van der Waals surface area (Å²) in [7, 11) is 0. The molecule has 0 bridgehead atoms. The molecule has 0 aliphatic rings. The molecule has 0 atom stereocenters. The summed E-state index contributed by atoms with van der Waals surface area (Å²) in [5.41, 5.74) is 0.464. The van der Waals surface area contributed by atoms with E-state index in [0.29, 0.717) is 5.56 Å². The topological polar surface area (TPSA) is 33.1 Å². The smallest absolute Gasteiger partial charge is 0.266 e. The van der Waals surface area contributed by atoms with Crippen molar-refractivity contribution in [2.24, 2.45) is 0 Å². The lowest BCUT2D eigenvalue weighted by Gasteiger charge is -2.11. The Bertz CT molecular complexity index is 335. The minimum atomic E-state index is -2.62. The van der Waals surface area contributed by atoms with Crippen molar-refractivity contribution in [2.45, 2.75) is 18.9 Å². The van der Waals surface area contributed by atoms with Gasteiger partial charge in [0.05, 0.1) is 12.2 Å². The van der Waals surface area contributed by atoms with Crippen LogP contribution in [0.3, 0.4) is 0 Å². The van der Waals surface area contributed by atoms with E-state index >= 15 is 0 Å². The maximum Gasteiger partial charge on any atom is 0.266 e. The third-order valence-electron chi connectivity index (χ3n) is 1.79. The molecule has 0 saturated heterocycles. The Labute approximate surface area is 98.4 Å². The number of hydrogen-bond acceptors (Lipinski definition) is 2. The van der Waals surface area contributed by atoms with Gasteiger partial charge >= 0.3 is 0 Å². The highest BCUT2D eigenvalue weighted by Crippen LogP contribution is 2.29. The van der Waals surface area contributed by atoms with Crippen molar-refractivity contribution in [3.8, 4) is 0 Å². The zero-order valence-corrected chi connectivity index (χ0v) is 9.89. The first-order valence-electron chi connectivity index (χ1n) is 3.73. The highest BCUT2D eigenvalue weighted by molar-refractivity contribution is 14.1. The number of rotatable bonds is 3. The van der Waals surface area contributed by atoms with E-state index in [0.717, 1.165) is 0 Å². The highest BCUT2D eigenvalue weighted by Gasteiger charge is 2.19. The Kier molecular flexibility index (Phi) is 4.46. The lowest BCUT2D eigenvalue weighted by atomic mass is 10.1. The number of alkyl halides is 3. The highest BCUT2D eigenvalue weighted by atomic mass is 127.